The molecule has 0 aromatic heterocycles. The second-order valence-corrected chi connectivity index (χ2v) is 8.20. The summed E-state index contributed by atoms with van der Waals surface area (Å²) in [5.74, 6) is -1.11. The molecule has 1 aliphatic heterocycles. The topological polar surface area (TPSA) is 72.9 Å². The first-order valence-electron chi connectivity index (χ1n) is 8.17. The van der Waals surface area contributed by atoms with Crippen molar-refractivity contribution in [1.82, 2.24) is 4.31 Å². The summed E-state index contributed by atoms with van der Waals surface area (Å²) in [6.45, 7) is 1.19. The van der Waals surface area contributed by atoms with Gasteiger partial charge in [-0.05, 0) is 36.4 Å². The van der Waals surface area contributed by atoms with Gasteiger partial charge in [-0.25, -0.2) is 17.6 Å². The number of hydrogen-bond acceptors (Lipinski definition) is 5. The van der Waals surface area contributed by atoms with Crippen LogP contribution in [0.15, 0.2) is 47.4 Å². The largest absolute Gasteiger partial charge is 0.457 e. The maximum absolute atomic E-state index is 13.0. The maximum Gasteiger partial charge on any atom is 0.338 e. The number of morpholine rings is 1. The molecule has 3 rings (SSSR count). The van der Waals surface area contributed by atoms with Crippen LogP contribution in [-0.4, -0.2) is 45.0 Å². The third-order valence-electron chi connectivity index (χ3n) is 4.07. The SMILES string of the molecule is O=C(OCc1ccc(F)cc1Cl)c1ccc(S(=O)(=O)N2CCOCC2)cc1. The minimum absolute atomic E-state index is 0.0996. The van der Waals surface area contributed by atoms with E-state index in [-0.39, 0.29) is 22.1 Å². The monoisotopic (exact) mass is 413 g/mol. The van der Waals surface area contributed by atoms with E-state index in [1.54, 1.807) is 0 Å². The Kier molecular flexibility index (Phi) is 6.11. The van der Waals surface area contributed by atoms with Gasteiger partial charge in [0.2, 0.25) is 10.0 Å². The lowest BCUT2D eigenvalue weighted by atomic mass is 10.2. The maximum atomic E-state index is 13.0. The summed E-state index contributed by atoms with van der Waals surface area (Å²) in [6, 6.07) is 9.31. The number of carbonyl (C=O) groups excluding carboxylic acids is 1. The smallest absolute Gasteiger partial charge is 0.338 e. The van der Waals surface area contributed by atoms with Crippen molar-refractivity contribution in [2.75, 3.05) is 26.3 Å². The van der Waals surface area contributed by atoms with Crippen molar-refractivity contribution in [3.8, 4) is 0 Å². The number of benzene rings is 2. The van der Waals surface area contributed by atoms with Crippen LogP contribution in [0, 0.1) is 5.82 Å². The third-order valence-corrected chi connectivity index (χ3v) is 6.34. The van der Waals surface area contributed by atoms with Crippen molar-refractivity contribution in [2.45, 2.75) is 11.5 Å². The van der Waals surface area contributed by atoms with Crippen molar-refractivity contribution in [3.63, 3.8) is 0 Å². The molecule has 0 radical (unpaired) electrons. The summed E-state index contributed by atoms with van der Waals surface area (Å²) in [5, 5.41) is 0.162. The van der Waals surface area contributed by atoms with Gasteiger partial charge in [-0.1, -0.05) is 17.7 Å². The molecule has 144 valence electrons. The first kappa shape index (κ1) is 19.8. The molecule has 1 saturated heterocycles. The zero-order valence-corrected chi connectivity index (χ0v) is 15.8. The molecule has 2 aromatic rings. The predicted molar refractivity (Wildman–Crippen MR) is 96.5 cm³/mol. The molecule has 9 heteroatoms. The van der Waals surface area contributed by atoms with E-state index in [1.165, 1.54) is 40.7 Å². The molecule has 0 N–H and O–H groups in total. The zero-order chi connectivity index (χ0) is 19.4. The average Bonchev–Trinajstić information content (AvgIpc) is 2.68. The predicted octanol–water partition coefficient (Wildman–Crippen LogP) is 2.86. The van der Waals surface area contributed by atoms with Gasteiger partial charge in [0.05, 0.1) is 28.7 Å². The number of sulfonamides is 1. The fourth-order valence-corrected chi connectivity index (χ4v) is 4.19. The summed E-state index contributed by atoms with van der Waals surface area (Å²) in [7, 11) is -3.62. The number of rotatable bonds is 5. The minimum atomic E-state index is -3.62. The lowest BCUT2D eigenvalue weighted by Crippen LogP contribution is -2.40. The van der Waals surface area contributed by atoms with Crippen LogP contribution in [0.3, 0.4) is 0 Å². The molecule has 0 atom stereocenters. The van der Waals surface area contributed by atoms with Crippen LogP contribution in [0.1, 0.15) is 15.9 Å². The molecule has 0 saturated carbocycles. The van der Waals surface area contributed by atoms with Gasteiger partial charge in [0.15, 0.2) is 0 Å². The quantitative estimate of drug-likeness (QED) is 0.705. The Labute approximate surface area is 161 Å². The van der Waals surface area contributed by atoms with Gasteiger partial charge in [-0.2, -0.15) is 4.31 Å². The molecule has 0 amide bonds. The van der Waals surface area contributed by atoms with Crippen molar-refractivity contribution < 1.29 is 27.1 Å². The average molecular weight is 414 g/mol. The van der Waals surface area contributed by atoms with Crippen LogP contribution in [0.5, 0.6) is 0 Å². The normalized spacial score (nSPS) is 15.5. The molecule has 0 spiro atoms. The Morgan fingerprint density at radius 2 is 1.81 bits per heavy atom. The van der Waals surface area contributed by atoms with Crippen molar-refractivity contribution in [3.05, 3.63) is 64.4 Å². The Morgan fingerprint density at radius 3 is 2.44 bits per heavy atom. The number of ether oxygens (including phenoxy) is 2. The van der Waals surface area contributed by atoms with Crippen LogP contribution in [0.2, 0.25) is 5.02 Å². The Balaban J connectivity index is 1.66. The van der Waals surface area contributed by atoms with E-state index in [1.807, 2.05) is 0 Å². The molecule has 1 aliphatic rings. The van der Waals surface area contributed by atoms with Gasteiger partial charge in [0.1, 0.15) is 12.4 Å². The van der Waals surface area contributed by atoms with E-state index >= 15 is 0 Å². The Bertz CT molecular complexity index is 927. The Morgan fingerprint density at radius 1 is 1.15 bits per heavy atom. The molecule has 0 unspecified atom stereocenters. The van der Waals surface area contributed by atoms with Crippen LogP contribution >= 0.6 is 11.6 Å². The van der Waals surface area contributed by atoms with E-state index in [4.69, 9.17) is 21.1 Å². The van der Waals surface area contributed by atoms with Crippen molar-refractivity contribution in [1.29, 1.82) is 0 Å². The molecule has 1 fully saturated rings. The first-order valence-corrected chi connectivity index (χ1v) is 9.99. The summed E-state index contributed by atoms with van der Waals surface area (Å²) in [5.41, 5.74) is 0.673. The van der Waals surface area contributed by atoms with E-state index < -0.39 is 21.8 Å². The summed E-state index contributed by atoms with van der Waals surface area (Å²) in [4.78, 5) is 12.2. The number of nitrogens with zero attached hydrogens (tertiary/aromatic N) is 1. The van der Waals surface area contributed by atoms with Gasteiger partial charge in [0.25, 0.3) is 0 Å². The number of esters is 1. The fourth-order valence-electron chi connectivity index (χ4n) is 2.56. The van der Waals surface area contributed by atoms with E-state index in [9.17, 15) is 17.6 Å². The van der Waals surface area contributed by atoms with E-state index in [0.717, 1.165) is 6.07 Å². The number of halogens is 2. The standard InChI is InChI=1S/C18H17ClFNO5S/c19-17-11-15(20)4-1-14(17)12-26-18(22)13-2-5-16(6-3-13)27(23,24)21-7-9-25-10-8-21/h1-6,11H,7-10,12H2. The molecule has 27 heavy (non-hydrogen) atoms. The Hall–Kier alpha value is -2.00. The van der Waals surface area contributed by atoms with Gasteiger partial charge < -0.3 is 9.47 Å². The first-order chi connectivity index (χ1) is 12.9. The lowest BCUT2D eigenvalue weighted by Gasteiger charge is -2.26. The molecule has 2 aromatic carbocycles. The highest BCUT2D eigenvalue weighted by molar-refractivity contribution is 7.89. The molecular weight excluding hydrogens is 397 g/mol. The van der Waals surface area contributed by atoms with Gasteiger partial charge in [0, 0.05) is 18.7 Å². The number of hydrogen-bond donors (Lipinski definition) is 0. The van der Waals surface area contributed by atoms with Gasteiger partial charge >= 0.3 is 5.97 Å². The molecule has 1 heterocycles. The third kappa shape index (κ3) is 4.65. The van der Waals surface area contributed by atoms with Crippen LogP contribution in [0.25, 0.3) is 0 Å². The number of carbonyl (C=O) groups is 1. The second kappa shape index (κ2) is 8.35. The summed E-state index contributed by atoms with van der Waals surface area (Å²) < 4.78 is 49.8. The molecular formula is C18H17ClFNO5S. The van der Waals surface area contributed by atoms with Crippen LogP contribution in [-0.2, 0) is 26.1 Å². The zero-order valence-electron chi connectivity index (χ0n) is 14.2. The second-order valence-electron chi connectivity index (χ2n) is 5.85. The van der Waals surface area contributed by atoms with E-state index in [0.29, 0.717) is 31.9 Å². The summed E-state index contributed by atoms with van der Waals surface area (Å²) >= 11 is 5.89. The highest BCUT2D eigenvalue weighted by Crippen LogP contribution is 2.20. The van der Waals surface area contributed by atoms with Gasteiger partial charge in [-0.3, -0.25) is 0 Å². The minimum Gasteiger partial charge on any atom is -0.457 e. The molecule has 6 nitrogen and oxygen atoms in total. The highest BCUT2D eigenvalue weighted by atomic mass is 35.5. The lowest BCUT2D eigenvalue weighted by molar-refractivity contribution is 0.0472. The molecule has 0 bridgehead atoms. The van der Waals surface area contributed by atoms with Crippen molar-refractivity contribution >= 4 is 27.6 Å². The fraction of sp³-hybridized carbons (Fsp3) is 0.278. The molecule has 0 aliphatic carbocycles. The van der Waals surface area contributed by atoms with Crippen molar-refractivity contribution in [2.24, 2.45) is 0 Å². The van der Waals surface area contributed by atoms with Crippen LogP contribution in [0.4, 0.5) is 4.39 Å². The van der Waals surface area contributed by atoms with Crippen LogP contribution < -0.4 is 0 Å². The van der Waals surface area contributed by atoms with E-state index in [2.05, 4.69) is 0 Å². The highest BCUT2D eigenvalue weighted by Gasteiger charge is 2.26. The summed E-state index contributed by atoms with van der Waals surface area (Å²) in [6.07, 6.45) is 0. The van der Waals surface area contributed by atoms with Gasteiger partial charge in [-0.15, -0.1) is 0 Å².